The molecule has 0 atom stereocenters. The third-order valence-corrected chi connectivity index (χ3v) is 6.91. The van der Waals surface area contributed by atoms with Crippen molar-refractivity contribution < 1.29 is 19.1 Å². The zero-order chi connectivity index (χ0) is 23.2. The standard InChI is InChI=1S/C27H25N3O4/c1-17(31)29-10-12-30(13-11-29)27(32)25-20-4-2-3-5-22(20)28-26-19(7-8-21(25)26)14-18-6-9-23-24(15-18)34-16-33-23/h2-6,9,14-15H,7-8,10-13,16H2,1H3. The molecule has 7 nitrogen and oxygen atoms in total. The topological polar surface area (TPSA) is 72.0 Å². The van der Waals surface area contributed by atoms with Gasteiger partial charge in [-0.05, 0) is 53.8 Å². The van der Waals surface area contributed by atoms with Gasteiger partial charge in [-0.25, -0.2) is 4.98 Å². The molecule has 6 rings (SSSR count). The maximum absolute atomic E-state index is 13.8. The van der Waals surface area contributed by atoms with Crippen LogP contribution in [0.2, 0.25) is 0 Å². The van der Waals surface area contributed by atoms with E-state index in [1.54, 1.807) is 11.8 Å². The van der Waals surface area contributed by atoms with E-state index in [-0.39, 0.29) is 18.6 Å². The normalized spacial score (nSPS) is 18.0. The number of amides is 2. The summed E-state index contributed by atoms with van der Waals surface area (Å²) in [6.45, 7) is 4.06. The van der Waals surface area contributed by atoms with Crippen LogP contribution in [0.1, 0.15) is 40.5 Å². The number of aromatic nitrogens is 1. The zero-order valence-electron chi connectivity index (χ0n) is 19.0. The quantitative estimate of drug-likeness (QED) is 0.589. The number of nitrogens with zero attached hydrogens (tertiary/aromatic N) is 3. The molecule has 172 valence electrons. The largest absolute Gasteiger partial charge is 0.454 e. The summed E-state index contributed by atoms with van der Waals surface area (Å²) in [5, 5.41) is 0.893. The molecule has 2 aromatic carbocycles. The summed E-state index contributed by atoms with van der Waals surface area (Å²) >= 11 is 0. The van der Waals surface area contributed by atoms with Crippen LogP contribution < -0.4 is 9.47 Å². The van der Waals surface area contributed by atoms with Crippen molar-refractivity contribution >= 4 is 34.4 Å². The van der Waals surface area contributed by atoms with Crippen LogP contribution in [-0.4, -0.2) is 59.6 Å². The van der Waals surface area contributed by atoms with Gasteiger partial charge in [-0.1, -0.05) is 24.3 Å². The molecule has 3 aliphatic rings. The van der Waals surface area contributed by atoms with Gasteiger partial charge in [0.25, 0.3) is 5.91 Å². The van der Waals surface area contributed by atoms with Crippen molar-refractivity contribution in [3.63, 3.8) is 0 Å². The number of allylic oxidation sites excluding steroid dienone is 1. The highest BCUT2D eigenvalue weighted by Gasteiger charge is 2.31. The number of hydrogen-bond acceptors (Lipinski definition) is 5. The van der Waals surface area contributed by atoms with E-state index < -0.39 is 0 Å². The molecule has 0 saturated carbocycles. The van der Waals surface area contributed by atoms with Crippen LogP contribution in [0.4, 0.5) is 0 Å². The first-order valence-electron chi connectivity index (χ1n) is 11.7. The maximum atomic E-state index is 13.8. The van der Waals surface area contributed by atoms with E-state index >= 15 is 0 Å². The Morgan fingerprint density at radius 2 is 1.71 bits per heavy atom. The molecule has 1 aromatic heterocycles. The Kier molecular flexibility index (Phi) is 4.98. The highest BCUT2D eigenvalue weighted by molar-refractivity contribution is 6.09. The fourth-order valence-corrected chi connectivity index (χ4v) is 5.11. The van der Waals surface area contributed by atoms with E-state index in [2.05, 4.69) is 6.08 Å². The SMILES string of the molecule is CC(=O)N1CCN(C(=O)c2c3c(nc4ccccc24)C(=Cc2ccc4c(c2)OCO4)CC3)CC1. The molecule has 2 aliphatic heterocycles. The van der Waals surface area contributed by atoms with Crippen molar-refractivity contribution in [2.75, 3.05) is 33.0 Å². The van der Waals surface area contributed by atoms with Gasteiger partial charge >= 0.3 is 0 Å². The van der Waals surface area contributed by atoms with Crippen LogP contribution in [0.3, 0.4) is 0 Å². The third-order valence-electron chi connectivity index (χ3n) is 6.91. The van der Waals surface area contributed by atoms with Gasteiger partial charge in [-0.3, -0.25) is 9.59 Å². The van der Waals surface area contributed by atoms with Crippen molar-refractivity contribution in [2.45, 2.75) is 19.8 Å². The van der Waals surface area contributed by atoms with E-state index in [0.29, 0.717) is 26.2 Å². The minimum absolute atomic E-state index is 0.0300. The van der Waals surface area contributed by atoms with Gasteiger partial charge in [0.1, 0.15) is 0 Å². The van der Waals surface area contributed by atoms with Crippen molar-refractivity contribution in [3.05, 3.63) is 64.8 Å². The molecule has 3 heterocycles. The Hall–Kier alpha value is -3.87. The summed E-state index contributed by atoms with van der Waals surface area (Å²) in [6.07, 6.45) is 3.74. The van der Waals surface area contributed by atoms with Gasteiger partial charge in [0.2, 0.25) is 12.7 Å². The molecule has 7 heteroatoms. The zero-order valence-corrected chi connectivity index (χ0v) is 19.0. The fourth-order valence-electron chi connectivity index (χ4n) is 5.11. The number of para-hydroxylation sites is 1. The molecular weight excluding hydrogens is 430 g/mol. The van der Waals surface area contributed by atoms with Crippen molar-refractivity contribution in [1.82, 2.24) is 14.8 Å². The van der Waals surface area contributed by atoms with Crippen molar-refractivity contribution in [1.29, 1.82) is 0 Å². The van der Waals surface area contributed by atoms with Gasteiger partial charge in [-0.2, -0.15) is 0 Å². The lowest BCUT2D eigenvalue weighted by Gasteiger charge is -2.34. The Balaban J connectivity index is 1.40. The number of hydrogen-bond donors (Lipinski definition) is 0. The van der Waals surface area contributed by atoms with Gasteiger partial charge in [0, 0.05) is 38.5 Å². The molecule has 0 N–H and O–H groups in total. The lowest BCUT2D eigenvalue weighted by atomic mass is 9.99. The number of carbonyl (C=O) groups excluding carboxylic acids is 2. The molecule has 0 radical (unpaired) electrons. The van der Waals surface area contributed by atoms with Crippen LogP contribution in [0, 0.1) is 0 Å². The Morgan fingerprint density at radius 3 is 2.53 bits per heavy atom. The molecule has 2 amide bonds. The number of pyridine rings is 1. The van der Waals surface area contributed by atoms with E-state index in [1.807, 2.05) is 47.4 Å². The number of carbonyl (C=O) groups is 2. The average Bonchev–Trinajstić information content (AvgIpc) is 3.49. The Labute approximate surface area is 197 Å². The second-order valence-corrected chi connectivity index (χ2v) is 8.91. The summed E-state index contributed by atoms with van der Waals surface area (Å²) in [4.78, 5) is 34.2. The molecule has 34 heavy (non-hydrogen) atoms. The summed E-state index contributed by atoms with van der Waals surface area (Å²) in [5.41, 5.74) is 5.65. The molecular formula is C27H25N3O4. The first kappa shape index (κ1) is 20.7. The second-order valence-electron chi connectivity index (χ2n) is 8.91. The molecule has 0 bridgehead atoms. The fraction of sp³-hybridized carbons (Fsp3) is 0.296. The molecule has 1 fully saturated rings. The van der Waals surface area contributed by atoms with Gasteiger partial charge in [0.05, 0.1) is 16.8 Å². The van der Waals surface area contributed by atoms with E-state index in [0.717, 1.165) is 63.2 Å². The minimum atomic E-state index is 0.0300. The number of fused-ring (bicyclic) bond motifs is 3. The first-order valence-corrected chi connectivity index (χ1v) is 11.7. The summed E-state index contributed by atoms with van der Waals surface area (Å²) in [7, 11) is 0. The monoisotopic (exact) mass is 455 g/mol. The van der Waals surface area contributed by atoms with Crippen LogP contribution in [0.5, 0.6) is 11.5 Å². The van der Waals surface area contributed by atoms with E-state index in [9.17, 15) is 9.59 Å². The molecule has 3 aromatic rings. The molecule has 0 spiro atoms. The van der Waals surface area contributed by atoms with Crippen LogP contribution in [0.25, 0.3) is 22.6 Å². The van der Waals surface area contributed by atoms with Crippen LogP contribution in [0.15, 0.2) is 42.5 Å². The van der Waals surface area contributed by atoms with E-state index in [1.165, 1.54) is 0 Å². The summed E-state index contributed by atoms with van der Waals surface area (Å²) < 4.78 is 11.0. The molecule has 1 saturated heterocycles. The molecule has 0 unspecified atom stereocenters. The summed E-state index contributed by atoms with van der Waals surface area (Å²) in [6, 6.07) is 13.8. The van der Waals surface area contributed by atoms with E-state index in [4.69, 9.17) is 14.5 Å². The number of rotatable bonds is 2. The third kappa shape index (κ3) is 3.48. The highest BCUT2D eigenvalue weighted by atomic mass is 16.7. The Morgan fingerprint density at radius 1 is 0.941 bits per heavy atom. The lowest BCUT2D eigenvalue weighted by molar-refractivity contribution is -0.130. The number of piperazine rings is 1. The minimum Gasteiger partial charge on any atom is -0.454 e. The predicted molar refractivity (Wildman–Crippen MR) is 129 cm³/mol. The maximum Gasteiger partial charge on any atom is 0.255 e. The average molecular weight is 456 g/mol. The molecule has 1 aliphatic carbocycles. The van der Waals surface area contributed by atoms with Gasteiger partial charge in [-0.15, -0.1) is 0 Å². The van der Waals surface area contributed by atoms with Crippen LogP contribution >= 0.6 is 0 Å². The number of ether oxygens (including phenoxy) is 2. The smallest absolute Gasteiger partial charge is 0.255 e. The summed E-state index contributed by atoms with van der Waals surface area (Å²) in [5.74, 6) is 1.60. The van der Waals surface area contributed by atoms with Gasteiger partial charge in [0.15, 0.2) is 11.5 Å². The Bertz CT molecular complexity index is 1360. The lowest BCUT2D eigenvalue weighted by Crippen LogP contribution is -2.50. The van der Waals surface area contributed by atoms with Crippen molar-refractivity contribution in [2.24, 2.45) is 0 Å². The number of benzene rings is 2. The van der Waals surface area contributed by atoms with Crippen LogP contribution in [-0.2, 0) is 11.2 Å². The predicted octanol–water partition coefficient (Wildman–Crippen LogP) is 3.75. The highest BCUT2D eigenvalue weighted by Crippen LogP contribution is 2.39. The second kappa shape index (κ2) is 8.17. The van der Waals surface area contributed by atoms with Gasteiger partial charge < -0.3 is 19.3 Å². The van der Waals surface area contributed by atoms with Crippen molar-refractivity contribution in [3.8, 4) is 11.5 Å². The first-order chi connectivity index (χ1) is 16.6.